The normalized spacial score (nSPS) is 10.7. The molecule has 0 bridgehead atoms. The highest BCUT2D eigenvalue weighted by Gasteiger charge is 2.04. The Morgan fingerprint density at radius 1 is 1.80 bits per heavy atom. The zero-order valence-corrected chi connectivity index (χ0v) is 5.83. The van der Waals surface area contributed by atoms with Crippen LogP contribution in [0.4, 0.5) is 0 Å². The molecule has 0 radical (unpaired) electrons. The molecule has 0 aromatic heterocycles. The average Bonchev–Trinajstić information content (AvgIpc) is 1.89. The maximum atomic E-state index is 10.2. The van der Waals surface area contributed by atoms with Crippen LogP contribution in [-0.4, -0.2) is 17.7 Å². The van der Waals surface area contributed by atoms with Crippen LogP contribution in [0.3, 0.4) is 0 Å². The van der Waals surface area contributed by atoms with Gasteiger partial charge in [-0.1, -0.05) is 12.7 Å². The van der Waals surface area contributed by atoms with Crippen molar-refractivity contribution in [1.82, 2.24) is 0 Å². The summed E-state index contributed by atoms with van der Waals surface area (Å²) in [4.78, 5) is 10.2. The van der Waals surface area contributed by atoms with Gasteiger partial charge in [-0.2, -0.15) is 0 Å². The quantitative estimate of drug-likeness (QED) is 0.364. The lowest BCUT2D eigenvalue weighted by molar-refractivity contribution is -0.136. The lowest BCUT2D eigenvalue weighted by atomic mass is 10.5. The van der Waals surface area contributed by atoms with E-state index in [9.17, 15) is 4.79 Å². The van der Waals surface area contributed by atoms with Gasteiger partial charge in [-0.3, -0.25) is 0 Å². The number of aliphatic carboxylic acids is 1. The largest absolute Gasteiger partial charge is 0.483 e. The molecule has 0 heterocycles. The van der Waals surface area contributed by atoms with Crippen molar-refractivity contribution in [1.29, 1.82) is 0 Å². The molecule has 0 atom stereocenters. The lowest BCUT2D eigenvalue weighted by Gasteiger charge is -2.00. The van der Waals surface area contributed by atoms with Crippen LogP contribution in [0.5, 0.6) is 0 Å². The van der Waals surface area contributed by atoms with Crippen molar-refractivity contribution < 1.29 is 14.6 Å². The van der Waals surface area contributed by atoms with E-state index in [4.69, 9.17) is 9.84 Å². The number of carboxylic acids is 1. The van der Waals surface area contributed by atoms with Gasteiger partial charge >= 0.3 is 5.97 Å². The summed E-state index contributed by atoms with van der Waals surface area (Å²) in [6, 6.07) is 0. The van der Waals surface area contributed by atoms with Gasteiger partial charge in [0, 0.05) is 0 Å². The van der Waals surface area contributed by atoms with Gasteiger partial charge in [-0.05, 0) is 13.0 Å². The van der Waals surface area contributed by atoms with E-state index in [1.807, 2.05) is 0 Å². The number of hydrogen-bond acceptors (Lipinski definition) is 2. The highest BCUT2D eigenvalue weighted by Crippen LogP contribution is 1.95. The maximum absolute atomic E-state index is 10.2. The zero-order valence-electron chi connectivity index (χ0n) is 5.83. The van der Waals surface area contributed by atoms with Gasteiger partial charge in [0.25, 0.3) is 0 Å². The fourth-order valence-electron chi connectivity index (χ4n) is 0.417. The van der Waals surface area contributed by atoms with Crippen molar-refractivity contribution in [3.8, 4) is 0 Å². The Bertz CT molecular complexity index is 158. The van der Waals surface area contributed by atoms with E-state index < -0.39 is 5.97 Å². The Morgan fingerprint density at radius 2 is 2.40 bits per heavy atom. The third-order valence-corrected chi connectivity index (χ3v) is 0.830. The predicted octanol–water partition coefficient (Wildman–Crippen LogP) is 1.18. The molecule has 0 aromatic carbocycles. The van der Waals surface area contributed by atoms with E-state index in [1.54, 1.807) is 6.92 Å². The minimum Gasteiger partial charge on any atom is -0.483 e. The first kappa shape index (κ1) is 8.75. The number of carbonyl (C=O) groups is 1. The van der Waals surface area contributed by atoms with Crippen molar-refractivity contribution in [3.05, 3.63) is 24.5 Å². The fourth-order valence-corrected chi connectivity index (χ4v) is 0.417. The number of hydrogen-bond donors (Lipinski definition) is 1. The number of rotatable bonds is 4. The Balaban J connectivity index is 3.85. The first-order valence-electron chi connectivity index (χ1n) is 2.85. The molecule has 0 spiro atoms. The molecule has 56 valence electrons. The van der Waals surface area contributed by atoms with Gasteiger partial charge in [0.2, 0.25) is 0 Å². The van der Waals surface area contributed by atoms with Crippen LogP contribution in [0.15, 0.2) is 24.5 Å². The second-order valence-electron chi connectivity index (χ2n) is 1.56. The molecule has 3 heteroatoms. The highest BCUT2D eigenvalue weighted by molar-refractivity contribution is 5.84. The Hall–Kier alpha value is -1.25. The molecule has 1 N–H and O–H groups in total. The summed E-state index contributed by atoms with van der Waals surface area (Å²) >= 11 is 0. The predicted molar refractivity (Wildman–Crippen MR) is 37.5 cm³/mol. The van der Waals surface area contributed by atoms with Crippen LogP contribution in [0.1, 0.15) is 6.92 Å². The summed E-state index contributed by atoms with van der Waals surface area (Å²) in [5, 5.41) is 8.37. The minimum absolute atomic E-state index is 0.0418. The van der Waals surface area contributed by atoms with Crippen molar-refractivity contribution in [2.75, 3.05) is 6.61 Å². The summed E-state index contributed by atoms with van der Waals surface area (Å²) in [5.41, 5.74) is 0. The highest BCUT2D eigenvalue weighted by atomic mass is 16.5. The Labute approximate surface area is 59.6 Å². The van der Waals surface area contributed by atoms with E-state index in [1.165, 1.54) is 12.2 Å². The van der Waals surface area contributed by atoms with Gasteiger partial charge in [0.15, 0.2) is 5.76 Å². The van der Waals surface area contributed by atoms with Gasteiger partial charge in [-0.15, -0.1) is 0 Å². The molecular formula is C7H10O3. The summed E-state index contributed by atoms with van der Waals surface area (Å²) < 4.78 is 4.75. The van der Waals surface area contributed by atoms with Gasteiger partial charge in [0.05, 0.1) is 0 Å². The fraction of sp³-hybridized carbons (Fsp3) is 0.286. The van der Waals surface area contributed by atoms with Gasteiger partial charge in [0.1, 0.15) is 6.61 Å². The molecule has 0 rings (SSSR count). The summed E-state index contributed by atoms with van der Waals surface area (Å²) in [5.74, 6) is -1.09. The standard InChI is InChI=1S/C7H10O3/c1-3-5-10-6(4-2)7(8)9/h3-4H,1,5H2,2H3,(H,8,9)/b6-4-. The van der Waals surface area contributed by atoms with E-state index in [0.717, 1.165) is 0 Å². The average molecular weight is 142 g/mol. The molecule has 0 unspecified atom stereocenters. The van der Waals surface area contributed by atoms with E-state index in [0.29, 0.717) is 0 Å². The van der Waals surface area contributed by atoms with Crippen LogP contribution >= 0.6 is 0 Å². The van der Waals surface area contributed by atoms with Gasteiger partial charge in [-0.25, -0.2) is 4.79 Å². The monoisotopic (exact) mass is 142 g/mol. The van der Waals surface area contributed by atoms with Crippen LogP contribution in [0, 0.1) is 0 Å². The molecule has 0 saturated heterocycles. The topological polar surface area (TPSA) is 46.5 Å². The lowest BCUT2D eigenvalue weighted by Crippen LogP contribution is -2.04. The van der Waals surface area contributed by atoms with Crippen LogP contribution < -0.4 is 0 Å². The first-order valence-corrected chi connectivity index (χ1v) is 2.85. The second-order valence-corrected chi connectivity index (χ2v) is 1.56. The molecule has 0 aliphatic heterocycles. The summed E-state index contributed by atoms with van der Waals surface area (Å²) in [6.07, 6.45) is 2.89. The van der Waals surface area contributed by atoms with Crippen LogP contribution in [-0.2, 0) is 9.53 Å². The smallest absolute Gasteiger partial charge is 0.370 e. The van der Waals surface area contributed by atoms with E-state index in [-0.39, 0.29) is 12.4 Å². The Kier molecular flexibility index (Phi) is 4.04. The minimum atomic E-state index is -1.05. The Morgan fingerprint density at radius 3 is 2.70 bits per heavy atom. The summed E-state index contributed by atoms with van der Waals surface area (Å²) in [7, 11) is 0. The van der Waals surface area contributed by atoms with E-state index in [2.05, 4.69) is 6.58 Å². The molecular weight excluding hydrogens is 132 g/mol. The van der Waals surface area contributed by atoms with Crippen LogP contribution in [0.2, 0.25) is 0 Å². The molecule has 0 aromatic rings. The van der Waals surface area contributed by atoms with Crippen molar-refractivity contribution >= 4 is 5.97 Å². The van der Waals surface area contributed by atoms with E-state index >= 15 is 0 Å². The third kappa shape index (κ3) is 2.91. The summed E-state index contributed by atoms with van der Waals surface area (Å²) in [6.45, 7) is 5.21. The van der Waals surface area contributed by atoms with Crippen molar-refractivity contribution in [2.45, 2.75) is 6.92 Å². The van der Waals surface area contributed by atoms with Crippen LogP contribution in [0.25, 0.3) is 0 Å². The molecule has 0 saturated carbocycles. The second kappa shape index (κ2) is 4.61. The molecule has 10 heavy (non-hydrogen) atoms. The number of allylic oxidation sites excluding steroid dienone is 1. The molecule has 0 aliphatic rings. The SMILES string of the molecule is C=CCO/C(=C\C)C(=O)O. The number of carboxylic acid groups (broad SMARTS) is 1. The maximum Gasteiger partial charge on any atom is 0.370 e. The zero-order chi connectivity index (χ0) is 7.98. The molecule has 3 nitrogen and oxygen atoms in total. The molecule has 0 aliphatic carbocycles. The van der Waals surface area contributed by atoms with Crippen molar-refractivity contribution in [3.63, 3.8) is 0 Å². The number of ether oxygens (including phenoxy) is 1. The molecule has 0 amide bonds. The first-order chi connectivity index (χ1) is 4.72. The van der Waals surface area contributed by atoms with Crippen molar-refractivity contribution in [2.24, 2.45) is 0 Å². The van der Waals surface area contributed by atoms with Gasteiger partial charge < -0.3 is 9.84 Å². The molecule has 0 fully saturated rings. The third-order valence-electron chi connectivity index (χ3n) is 0.830.